The van der Waals surface area contributed by atoms with Crippen LogP contribution < -0.4 is 5.73 Å². The summed E-state index contributed by atoms with van der Waals surface area (Å²) in [5.41, 5.74) is 8.71. The number of hydrogen-bond acceptors (Lipinski definition) is 2. The summed E-state index contributed by atoms with van der Waals surface area (Å²) < 4.78 is 0. The van der Waals surface area contributed by atoms with Gasteiger partial charge in [-0.3, -0.25) is 4.90 Å². The van der Waals surface area contributed by atoms with Crippen LogP contribution in [-0.4, -0.2) is 24.0 Å². The van der Waals surface area contributed by atoms with Gasteiger partial charge < -0.3 is 5.73 Å². The first-order valence-corrected chi connectivity index (χ1v) is 6.48. The number of aryl methyl sites for hydroxylation is 1. The minimum atomic E-state index is 0.111. The summed E-state index contributed by atoms with van der Waals surface area (Å²) in [4.78, 5) is 2.38. The van der Waals surface area contributed by atoms with Gasteiger partial charge in [-0.25, -0.2) is 0 Å². The predicted molar refractivity (Wildman–Crippen MR) is 75.0 cm³/mol. The number of rotatable bonds is 6. The fraction of sp³-hybridized carbons (Fsp3) is 0.600. The Morgan fingerprint density at radius 1 is 1.24 bits per heavy atom. The van der Waals surface area contributed by atoms with Crippen LogP contribution in [0.5, 0.6) is 0 Å². The molecule has 1 aromatic rings. The van der Waals surface area contributed by atoms with Crippen LogP contribution in [0.15, 0.2) is 24.3 Å². The lowest BCUT2D eigenvalue weighted by Gasteiger charge is -2.38. The highest BCUT2D eigenvalue weighted by molar-refractivity contribution is 5.21. The van der Waals surface area contributed by atoms with Crippen molar-refractivity contribution in [2.75, 3.05) is 13.6 Å². The zero-order valence-electron chi connectivity index (χ0n) is 11.7. The maximum absolute atomic E-state index is 5.93. The van der Waals surface area contributed by atoms with Crippen LogP contribution in [0.2, 0.25) is 0 Å². The van der Waals surface area contributed by atoms with Crippen molar-refractivity contribution in [3.05, 3.63) is 35.4 Å². The molecule has 1 atom stereocenters. The van der Waals surface area contributed by atoms with Crippen molar-refractivity contribution in [2.24, 2.45) is 5.73 Å². The van der Waals surface area contributed by atoms with Crippen LogP contribution in [0.4, 0.5) is 0 Å². The average Bonchev–Trinajstić information content (AvgIpc) is 2.32. The molecular weight excluding hydrogens is 208 g/mol. The van der Waals surface area contributed by atoms with Crippen molar-refractivity contribution in [1.82, 2.24) is 4.90 Å². The Hall–Kier alpha value is -0.860. The zero-order chi connectivity index (χ0) is 12.9. The van der Waals surface area contributed by atoms with Crippen molar-refractivity contribution in [3.63, 3.8) is 0 Å². The molecule has 0 radical (unpaired) electrons. The highest BCUT2D eigenvalue weighted by Gasteiger charge is 2.26. The van der Waals surface area contributed by atoms with Gasteiger partial charge in [-0.15, -0.1) is 0 Å². The summed E-state index contributed by atoms with van der Waals surface area (Å²) in [7, 11) is 2.17. The normalized spacial score (nSPS) is 14.9. The zero-order valence-corrected chi connectivity index (χ0v) is 11.7. The SMILES string of the molecule is CCCC(C)(CN)N(C)Cc1ccc(C)cc1. The van der Waals surface area contributed by atoms with E-state index in [-0.39, 0.29) is 5.54 Å². The van der Waals surface area contributed by atoms with Crippen LogP contribution in [0.1, 0.15) is 37.8 Å². The smallest absolute Gasteiger partial charge is 0.0304 e. The van der Waals surface area contributed by atoms with Gasteiger partial charge in [0, 0.05) is 18.6 Å². The lowest BCUT2D eigenvalue weighted by Crippen LogP contribution is -2.49. The van der Waals surface area contributed by atoms with Crippen LogP contribution >= 0.6 is 0 Å². The van der Waals surface area contributed by atoms with E-state index in [1.54, 1.807) is 0 Å². The Labute approximate surface area is 106 Å². The molecule has 1 rings (SSSR count). The minimum Gasteiger partial charge on any atom is -0.329 e. The molecule has 2 N–H and O–H groups in total. The van der Waals surface area contributed by atoms with Gasteiger partial charge in [0.25, 0.3) is 0 Å². The largest absolute Gasteiger partial charge is 0.329 e. The third-order valence-electron chi connectivity index (χ3n) is 3.69. The van der Waals surface area contributed by atoms with Gasteiger partial charge >= 0.3 is 0 Å². The Balaban J connectivity index is 2.69. The third kappa shape index (κ3) is 3.83. The molecule has 0 aliphatic rings. The number of likely N-dealkylation sites (N-methyl/N-ethyl adjacent to an activating group) is 1. The number of hydrogen-bond donors (Lipinski definition) is 1. The van der Waals surface area contributed by atoms with Crippen molar-refractivity contribution >= 4 is 0 Å². The van der Waals surface area contributed by atoms with Gasteiger partial charge in [-0.2, -0.15) is 0 Å². The second-order valence-corrected chi connectivity index (χ2v) is 5.29. The Kier molecular flexibility index (Phi) is 5.16. The van der Waals surface area contributed by atoms with Gasteiger partial charge in [0.15, 0.2) is 0 Å². The number of nitrogens with two attached hydrogens (primary N) is 1. The Morgan fingerprint density at radius 3 is 2.29 bits per heavy atom. The molecule has 0 fully saturated rings. The summed E-state index contributed by atoms with van der Waals surface area (Å²) in [5.74, 6) is 0. The lowest BCUT2D eigenvalue weighted by atomic mass is 9.94. The second kappa shape index (κ2) is 6.18. The standard InChI is InChI=1S/C15H26N2/c1-5-10-15(3,12-16)17(4)11-14-8-6-13(2)7-9-14/h6-9H,5,10-12,16H2,1-4H3. The van der Waals surface area contributed by atoms with Crippen LogP contribution in [0.3, 0.4) is 0 Å². The van der Waals surface area contributed by atoms with E-state index in [0.717, 1.165) is 13.0 Å². The summed E-state index contributed by atoms with van der Waals surface area (Å²) >= 11 is 0. The molecule has 2 nitrogen and oxygen atoms in total. The monoisotopic (exact) mass is 234 g/mol. The molecule has 0 aliphatic carbocycles. The second-order valence-electron chi connectivity index (χ2n) is 5.29. The molecule has 2 heteroatoms. The van der Waals surface area contributed by atoms with E-state index < -0.39 is 0 Å². The fourth-order valence-corrected chi connectivity index (χ4v) is 2.15. The van der Waals surface area contributed by atoms with Gasteiger partial charge in [-0.1, -0.05) is 43.2 Å². The van der Waals surface area contributed by atoms with E-state index in [9.17, 15) is 0 Å². The molecule has 0 bridgehead atoms. The minimum absolute atomic E-state index is 0.111. The quantitative estimate of drug-likeness (QED) is 0.820. The summed E-state index contributed by atoms with van der Waals surface area (Å²) in [5, 5.41) is 0. The number of nitrogens with zero attached hydrogens (tertiary/aromatic N) is 1. The first kappa shape index (κ1) is 14.2. The van der Waals surface area contributed by atoms with Crippen LogP contribution in [0, 0.1) is 6.92 Å². The molecular formula is C15H26N2. The first-order valence-electron chi connectivity index (χ1n) is 6.48. The molecule has 0 aliphatic heterocycles. The molecule has 0 saturated heterocycles. The molecule has 0 heterocycles. The van der Waals surface area contributed by atoms with E-state index >= 15 is 0 Å². The van der Waals surface area contributed by atoms with Gasteiger partial charge in [-0.05, 0) is 32.9 Å². The van der Waals surface area contributed by atoms with E-state index in [1.807, 2.05) is 0 Å². The molecule has 96 valence electrons. The molecule has 0 spiro atoms. The average molecular weight is 234 g/mol. The van der Waals surface area contributed by atoms with E-state index in [0.29, 0.717) is 6.54 Å². The van der Waals surface area contributed by atoms with Gasteiger partial charge in [0.05, 0.1) is 0 Å². The van der Waals surface area contributed by atoms with Crippen LogP contribution in [-0.2, 0) is 6.54 Å². The van der Waals surface area contributed by atoms with Crippen molar-refractivity contribution in [1.29, 1.82) is 0 Å². The third-order valence-corrected chi connectivity index (χ3v) is 3.69. The summed E-state index contributed by atoms with van der Waals surface area (Å²) in [6.07, 6.45) is 2.32. The fourth-order valence-electron chi connectivity index (χ4n) is 2.15. The highest BCUT2D eigenvalue weighted by atomic mass is 15.2. The summed E-state index contributed by atoms with van der Waals surface area (Å²) in [6, 6.07) is 8.75. The summed E-state index contributed by atoms with van der Waals surface area (Å²) in [6.45, 7) is 8.27. The molecule has 0 aromatic heterocycles. The lowest BCUT2D eigenvalue weighted by molar-refractivity contribution is 0.125. The molecule has 1 aromatic carbocycles. The topological polar surface area (TPSA) is 29.3 Å². The van der Waals surface area contributed by atoms with Gasteiger partial charge in [0.1, 0.15) is 0 Å². The van der Waals surface area contributed by atoms with Crippen molar-refractivity contribution < 1.29 is 0 Å². The maximum Gasteiger partial charge on any atom is 0.0304 e. The Bertz CT molecular complexity index is 331. The molecule has 0 saturated carbocycles. The van der Waals surface area contributed by atoms with Crippen molar-refractivity contribution in [3.8, 4) is 0 Å². The highest BCUT2D eigenvalue weighted by Crippen LogP contribution is 2.20. The first-order chi connectivity index (χ1) is 8.01. The van der Waals surface area contributed by atoms with E-state index in [1.165, 1.54) is 17.5 Å². The molecule has 1 unspecified atom stereocenters. The molecule has 0 amide bonds. The Morgan fingerprint density at radius 2 is 1.82 bits per heavy atom. The maximum atomic E-state index is 5.93. The molecule has 17 heavy (non-hydrogen) atoms. The van der Waals surface area contributed by atoms with E-state index in [4.69, 9.17) is 5.73 Å². The predicted octanol–water partition coefficient (Wildman–Crippen LogP) is 2.94. The van der Waals surface area contributed by atoms with Gasteiger partial charge in [0.2, 0.25) is 0 Å². The van der Waals surface area contributed by atoms with E-state index in [2.05, 4.69) is 57.0 Å². The number of benzene rings is 1. The van der Waals surface area contributed by atoms with Crippen LogP contribution in [0.25, 0.3) is 0 Å². The van der Waals surface area contributed by atoms with Crippen molar-refractivity contribution in [2.45, 2.75) is 45.7 Å².